The molecule has 2 heterocycles. The molecule has 0 aliphatic carbocycles. The minimum atomic E-state index is -0.772. The van der Waals surface area contributed by atoms with Crippen molar-refractivity contribution < 1.29 is 14.4 Å². The number of fused-ring (bicyclic) bond motifs is 1. The molecule has 0 radical (unpaired) electrons. The molecule has 23 heavy (non-hydrogen) atoms. The molecule has 6 nitrogen and oxygen atoms in total. The predicted octanol–water partition coefficient (Wildman–Crippen LogP) is 2.41. The molecular formula is C16H17N3O3S. The van der Waals surface area contributed by atoms with Gasteiger partial charge in [-0.1, -0.05) is 17.8 Å². The van der Waals surface area contributed by atoms with Crippen LogP contribution in [-0.2, 0) is 15.0 Å². The van der Waals surface area contributed by atoms with Gasteiger partial charge in [-0.05, 0) is 44.0 Å². The monoisotopic (exact) mass is 331 g/mol. The summed E-state index contributed by atoms with van der Waals surface area (Å²) >= 11 is 1.17. The average molecular weight is 331 g/mol. The van der Waals surface area contributed by atoms with Crippen LogP contribution in [0, 0.1) is 0 Å². The maximum absolute atomic E-state index is 12.5. The molecule has 0 saturated heterocycles. The second-order valence-corrected chi connectivity index (χ2v) is 7.49. The van der Waals surface area contributed by atoms with Gasteiger partial charge in [-0.15, -0.1) is 0 Å². The van der Waals surface area contributed by atoms with Gasteiger partial charge in [0.25, 0.3) is 5.24 Å². The van der Waals surface area contributed by atoms with Crippen LogP contribution in [0.25, 0.3) is 0 Å². The number of carbonyl (C=O) groups is 3. The number of hydrazone groups is 1. The molecule has 2 aliphatic heterocycles. The number of imide groups is 1. The molecule has 0 bridgehead atoms. The van der Waals surface area contributed by atoms with E-state index in [1.807, 2.05) is 32.9 Å². The first-order chi connectivity index (χ1) is 10.7. The Balaban J connectivity index is 2.10. The Kier molecular flexibility index (Phi) is 3.55. The average Bonchev–Trinajstić information content (AvgIpc) is 2.66. The summed E-state index contributed by atoms with van der Waals surface area (Å²) in [5.41, 5.74) is 4.71. The van der Waals surface area contributed by atoms with Crippen molar-refractivity contribution in [3.63, 3.8) is 0 Å². The topological polar surface area (TPSA) is 78.8 Å². The largest absolute Gasteiger partial charge is 0.299 e. The number of benzene rings is 1. The lowest BCUT2D eigenvalue weighted by Crippen LogP contribution is -2.38. The van der Waals surface area contributed by atoms with Gasteiger partial charge < -0.3 is 0 Å². The van der Waals surface area contributed by atoms with Crippen molar-refractivity contribution in [1.29, 1.82) is 0 Å². The molecule has 0 fully saturated rings. The zero-order chi connectivity index (χ0) is 16.9. The summed E-state index contributed by atoms with van der Waals surface area (Å²) in [5.74, 6) is -0.515. The van der Waals surface area contributed by atoms with Crippen molar-refractivity contribution in [1.82, 2.24) is 5.43 Å². The Hall–Kier alpha value is -2.15. The van der Waals surface area contributed by atoms with Crippen LogP contribution in [0.2, 0.25) is 0 Å². The molecule has 120 valence electrons. The highest BCUT2D eigenvalue weighted by Gasteiger charge is 2.45. The van der Waals surface area contributed by atoms with Gasteiger partial charge in [-0.3, -0.25) is 14.4 Å². The van der Waals surface area contributed by atoms with Gasteiger partial charge >= 0.3 is 0 Å². The lowest BCUT2D eigenvalue weighted by Gasteiger charge is -2.20. The normalized spacial score (nSPS) is 22.5. The molecule has 1 aromatic carbocycles. The molecule has 1 unspecified atom stereocenters. The highest BCUT2D eigenvalue weighted by atomic mass is 32.2. The number of thioether (sulfide) groups is 1. The smallest absolute Gasteiger partial charge is 0.274 e. The van der Waals surface area contributed by atoms with E-state index in [0.717, 1.165) is 16.8 Å². The molecule has 3 rings (SSSR count). The van der Waals surface area contributed by atoms with Gasteiger partial charge in [-0.25, -0.2) is 10.3 Å². The summed E-state index contributed by atoms with van der Waals surface area (Å²) in [7, 11) is 0. The van der Waals surface area contributed by atoms with Crippen LogP contribution in [0.1, 0.15) is 38.8 Å². The Morgan fingerprint density at radius 2 is 2.04 bits per heavy atom. The van der Waals surface area contributed by atoms with Gasteiger partial charge in [0.05, 0.1) is 22.1 Å². The number of rotatable bonds is 1. The lowest BCUT2D eigenvalue weighted by molar-refractivity contribution is -0.127. The Morgan fingerprint density at radius 3 is 2.65 bits per heavy atom. The summed E-state index contributed by atoms with van der Waals surface area (Å²) in [5, 5.41) is 3.88. The van der Waals surface area contributed by atoms with Gasteiger partial charge in [0, 0.05) is 6.92 Å². The Morgan fingerprint density at radius 1 is 1.35 bits per heavy atom. The van der Waals surface area contributed by atoms with E-state index in [1.54, 1.807) is 6.07 Å². The van der Waals surface area contributed by atoms with E-state index in [2.05, 4.69) is 10.5 Å². The second-order valence-electron chi connectivity index (χ2n) is 6.17. The van der Waals surface area contributed by atoms with Gasteiger partial charge in [0.2, 0.25) is 11.8 Å². The molecule has 1 atom stereocenters. The third-order valence-electron chi connectivity index (χ3n) is 4.20. The van der Waals surface area contributed by atoms with E-state index in [9.17, 15) is 14.4 Å². The minimum absolute atomic E-state index is 0.0778. The van der Waals surface area contributed by atoms with Crippen molar-refractivity contribution >= 4 is 40.2 Å². The molecule has 1 N–H and O–H groups in total. The van der Waals surface area contributed by atoms with E-state index < -0.39 is 5.41 Å². The number of nitrogens with zero attached hydrogens (tertiary/aromatic N) is 2. The molecular weight excluding hydrogens is 314 g/mol. The van der Waals surface area contributed by atoms with E-state index in [0.29, 0.717) is 5.69 Å². The van der Waals surface area contributed by atoms with E-state index >= 15 is 0 Å². The molecule has 0 saturated carbocycles. The second kappa shape index (κ2) is 5.19. The lowest BCUT2D eigenvalue weighted by atomic mass is 9.85. The quantitative estimate of drug-likeness (QED) is 0.857. The molecule has 7 heteroatoms. The van der Waals surface area contributed by atoms with E-state index in [-0.39, 0.29) is 22.3 Å². The van der Waals surface area contributed by atoms with Crippen molar-refractivity contribution in [3.05, 3.63) is 29.3 Å². The summed E-state index contributed by atoms with van der Waals surface area (Å²) in [6.45, 7) is 6.91. The van der Waals surface area contributed by atoms with Crippen LogP contribution in [0.15, 0.2) is 23.3 Å². The van der Waals surface area contributed by atoms with Gasteiger partial charge in [-0.2, -0.15) is 5.10 Å². The number of amides is 3. The zero-order valence-electron chi connectivity index (χ0n) is 13.3. The minimum Gasteiger partial charge on any atom is -0.274 e. The van der Waals surface area contributed by atoms with Crippen LogP contribution in [0.5, 0.6) is 0 Å². The zero-order valence-corrected chi connectivity index (χ0v) is 14.2. The molecule has 0 aromatic heterocycles. The van der Waals surface area contributed by atoms with E-state index in [4.69, 9.17) is 0 Å². The summed E-state index contributed by atoms with van der Waals surface area (Å²) in [6, 6.07) is 5.50. The Labute approximate surface area is 138 Å². The first-order valence-electron chi connectivity index (χ1n) is 7.27. The van der Waals surface area contributed by atoms with Crippen LogP contribution >= 0.6 is 11.8 Å². The number of hydrogen-bond acceptors (Lipinski definition) is 5. The molecule has 3 amide bonds. The maximum Gasteiger partial charge on any atom is 0.299 e. The Bertz CT molecular complexity index is 770. The SMILES string of the molecule is CC(=O)N1C(=O)C(C)(C)c2cc(C3=NNC(=O)SC3C)ccc21. The van der Waals surface area contributed by atoms with Gasteiger partial charge in [0.1, 0.15) is 0 Å². The standard InChI is InChI=1S/C16H17N3O3S/c1-8-13(17-18-15(22)23-8)10-5-6-12-11(7-10)16(3,4)14(21)19(12)9(2)20/h5-8H,1-4H3,(H,18,22). The first-order valence-corrected chi connectivity index (χ1v) is 8.15. The highest BCUT2D eigenvalue weighted by Crippen LogP contribution is 2.42. The number of nitrogens with one attached hydrogen (secondary N) is 1. The van der Waals surface area contributed by atoms with Crippen LogP contribution in [-0.4, -0.2) is 28.0 Å². The predicted molar refractivity (Wildman–Crippen MR) is 89.8 cm³/mol. The van der Waals surface area contributed by atoms with Crippen LogP contribution in [0.3, 0.4) is 0 Å². The third-order valence-corrected chi connectivity index (χ3v) is 5.08. The summed E-state index contributed by atoms with van der Waals surface area (Å²) in [6.07, 6.45) is 0. The number of carbonyl (C=O) groups excluding carboxylic acids is 3. The fourth-order valence-corrected chi connectivity index (χ4v) is 3.67. The van der Waals surface area contributed by atoms with Gasteiger partial charge in [0.15, 0.2) is 0 Å². The molecule has 1 aromatic rings. The summed E-state index contributed by atoms with van der Waals surface area (Å²) < 4.78 is 0. The molecule has 2 aliphatic rings. The number of anilines is 1. The van der Waals surface area contributed by atoms with Crippen LogP contribution in [0.4, 0.5) is 10.5 Å². The van der Waals surface area contributed by atoms with Crippen molar-refractivity contribution in [3.8, 4) is 0 Å². The fraction of sp³-hybridized carbons (Fsp3) is 0.375. The first kappa shape index (κ1) is 15.7. The van der Waals surface area contributed by atoms with E-state index in [1.165, 1.54) is 23.6 Å². The summed E-state index contributed by atoms with van der Waals surface area (Å²) in [4.78, 5) is 36.9. The fourth-order valence-electron chi connectivity index (χ4n) is 2.95. The van der Waals surface area contributed by atoms with Crippen molar-refractivity contribution in [2.45, 2.75) is 38.4 Å². The maximum atomic E-state index is 12.5. The highest BCUT2D eigenvalue weighted by molar-refractivity contribution is 8.14. The van der Waals surface area contributed by atoms with Crippen molar-refractivity contribution in [2.75, 3.05) is 4.90 Å². The van der Waals surface area contributed by atoms with Crippen molar-refractivity contribution in [2.24, 2.45) is 5.10 Å². The third kappa shape index (κ3) is 2.35. The van der Waals surface area contributed by atoms with Crippen LogP contribution < -0.4 is 10.3 Å². The molecule has 0 spiro atoms. The number of hydrogen-bond donors (Lipinski definition) is 1.